The summed E-state index contributed by atoms with van der Waals surface area (Å²) >= 11 is 1.25. The molecule has 0 fully saturated rings. The van der Waals surface area contributed by atoms with Crippen LogP contribution in [-0.4, -0.2) is 16.9 Å². The summed E-state index contributed by atoms with van der Waals surface area (Å²) in [5, 5.41) is 9.75. The van der Waals surface area contributed by atoms with Gasteiger partial charge in [0, 0.05) is 11.1 Å². The molecular formula is C12H10O3S. The molecular weight excluding hydrogens is 224 g/mol. The van der Waals surface area contributed by atoms with Crippen LogP contribution in [0.4, 0.5) is 0 Å². The highest BCUT2D eigenvalue weighted by Crippen LogP contribution is 2.26. The molecule has 1 aromatic carbocycles. The monoisotopic (exact) mass is 234 g/mol. The molecule has 0 aliphatic heterocycles. The van der Waals surface area contributed by atoms with Gasteiger partial charge >= 0.3 is 5.97 Å². The zero-order valence-corrected chi connectivity index (χ0v) is 9.50. The Morgan fingerprint density at radius 3 is 2.69 bits per heavy atom. The first-order valence-electron chi connectivity index (χ1n) is 4.81. The summed E-state index contributed by atoms with van der Waals surface area (Å²) in [5.74, 6) is -0.803. The Bertz CT molecular complexity index is 569. The van der Waals surface area contributed by atoms with Gasteiger partial charge in [-0.3, -0.25) is 4.79 Å². The zero-order chi connectivity index (χ0) is 11.7. The van der Waals surface area contributed by atoms with E-state index >= 15 is 0 Å². The Hall–Kier alpha value is -1.68. The van der Waals surface area contributed by atoms with Gasteiger partial charge in [0.05, 0.1) is 0 Å². The summed E-state index contributed by atoms with van der Waals surface area (Å²) < 4.78 is 0.935. The number of hydrogen-bond donors (Lipinski definition) is 1. The van der Waals surface area contributed by atoms with E-state index in [1.165, 1.54) is 11.3 Å². The van der Waals surface area contributed by atoms with Crippen molar-refractivity contribution in [2.75, 3.05) is 0 Å². The largest absolute Gasteiger partial charge is 0.477 e. The average molecular weight is 234 g/mol. The van der Waals surface area contributed by atoms with Crippen molar-refractivity contribution < 1.29 is 14.7 Å². The first-order valence-corrected chi connectivity index (χ1v) is 5.63. The number of carboxylic acids is 1. The fourth-order valence-corrected chi connectivity index (χ4v) is 2.48. The van der Waals surface area contributed by atoms with Crippen LogP contribution >= 0.6 is 11.3 Å². The Labute approximate surface area is 96.3 Å². The van der Waals surface area contributed by atoms with E-state index in [0.717, 1.165) is 15.6 Å². The molecule has 82 valence electrons. The molecule has 16 heavy (non-hydrogen) atoms. The van der Waals surface area contributed by atoms with E-state index in [9.17, 15) is 9.59 Å². The molecule has 0 aliphatic rings. The number of Topliss-reactive ketones (excluding diaryl/α,β-unsaturated/α-hetero) is 1. The van der Waals surface area contributed by atoms with Gasteiger partial charge in [0.2, 0.25) is 0 Å². The topological polar surface area (TPSA) is 54.4 Å². The van der Waals surface area contributed by atoms with Crippen LogP contribution in [0.2, 0.25) is 0 Å². The number of thiophene rings is 1. The molecule has 3 nitrogen and oxygen atoms in total. The number of carbonyl (C=O) groups excluding carboxylic acids is 1. The number of rotatable bonds is 3. The zero-order valence-electron chi connectivity index (χ0n) is 8.69. The fraction of sp³-hybridized carbons (Fsp3) is 0.167. The van der Waals surface area contributed by atoms with Crippen molar-refractivity contribution in [2.24, 2.45) is 0 Å². The van der Waals surface area contributed by atoms with Crippen molar-refractivity contribution in [2.45, 2.75) is 13.3 Å². The van der Waals surface area contributed by atoms with Crippen molar-refractivity contribution in [3.63, 3.8) is 0 Å². The molecule has 2 aromatic rings. The molecule has 4 heteroatoms. The minimum atomic E-state index is -0.908. The molecule has 0 aliphatic carbocycles. The Morgan fingerprint density at radius 2 is 2.06 bits per heavy atom. The smallest absolute Gasteiger partial charge is 0.345 e. The van der Waals surface area contributed by atoms with Crippen LogP contribution in [0.3, 0.4) is 0 Å². The van der Waals surface area contributed by atoms with Crippen LogP contribution in [0.1, 0.15) is 22.2 Å². The van der Waals surface area contributed by atoms with Crippen LogP contribution in [0.5, 0.6) is 0 Å². The lowest BCUT2D eigenvalue weighted by Crippen LogP contribution is -1.95. The highest BCUT2D eigenvalue weighted by atomic mass is 32.1. The van der Waals surface area contributed by atoms with Gasteiger partial charge in [-0.05, 0) is 36.1 Å². The van der Waals surface area contributed by atoms with Gasteiger partial charge in [-0.1, -0.05) is 6.07 Å². The first-order chi connectivity index (χ1) is 7.56. The molecule has 1 N–H and O–H groups in total. The SMILES string of the molecule is CC(=O)Cc1ccc2sc(C(=O)O)cc2c1. The van der Waals surface area contributed by atoms with Crippen molar-refractivity contribution in [3.05, 3.63) is 34.7 Å². The number of carboxylic acid groups (broad SMARTS) is 1. The van der Waals surface area contributed by atoms with E-state index in [2.05, 4.69) is 0 Å². The Morgan fingerprint density at radius 1 is 1.31 bits per heavy atom. The minimum Gasteiger partial charge on any atom is -0.477 e. The van der Waals surface area contributed by atoms with Gasteiger partial charge < -0.3 is 5.11 Å². The minimum absolute atomic E-state index is 0.105. The van der Waals surface area contributed by atoms with Gasteiger partial charge in [0.25, 0.3) is 0 Å². The fourth-order valence-electron chi connectivity index (χ4n) is 1.60. The summed E-state index contributed by atoms with van der Waals surface area (Å²) in [5.41, 5.74) is 0.926. The molecule has 0 bridgehead atoms. The van der Waals surface area contributed by atoms with Crippen LogP contribution in [0.25, 0.3) is 10.1 Å². The molecule has 0 radical (unpaired) electrons. The highest BCUT2D eigenvalue weighted by molar-refractivity contribution is 7.20. The summed E-state index contributed by atoms with van der Waals surface area (Å²) in [6.07, 6.45) is 0.397. The molecule has 1 aromatic heterocycles. The summed E-state index contributed by atoms with van der Waals surface area (Å²) in [6, 6.07) is 7.25. The van der Waals surface area contributed by atoms with E-state index < -0.39 is 5.97 Å². The maximum absolute atomic E-state index is 11.0. The number of benzene rings is 1. The second-order valence-corrected chi connectivity index (χ2v) is 4.75. The van der Waals surface area contributed by atoms with Crippen molar-refractivity contribution in [3.8, 4) is 0 Å². The molecule has 0 saturated heterocycles. The lowest BCUT2D eigenvalue weighted by atomic mass is 10.1. The second-order valence-electron chi connectivity index (χ2n) is 3.67. The Balaban J connectivity index is 2.45. The number of carbonyl (C=O) groups is 2. The lowest BCUT2D eigenvalue weighted by Gasteiger charge is -1.97. The van der Waals surface area contributed by atoms with Gasteiger partial charge in [0.15, 0.2) is 0 Å². The number of hydrogen-bond acceptors (Lipinski definition) is 3. The maximum atomic E-state index is 11.0. The highest BCUT2D eigenvalue weighted by Gasteiger charge is 2.08. The predicted octanol–water partition coefficient (Wildman–Crippen LogP) is 2.73. The first kappa shape index (κ1) is 10.8. The molecule has 0 spiro atoms. The van der Waals surface area contributed by atoms with E-state index in [1.54, 1.807) is 13.0 Å². The van der Waals surface area contributed by atoms with Crippen LogP contribution in [-0.2, 0) is 11.2 Å². The van der Waals surface area contributed by atoms with Crippen molar-refractivity contribution >= 4 is 33.2 Å². The van der Waals surface area contributed by atoms with E-state index in [0.29, 0.717) is 11.3 Å². The summed E-state index contributed by atoms with van der Waals surface area (Å²) in [6.45, 7) is 1.54. The lowest BCUT2D eigenvalue weighted by molar-refractivity contribution is -0.116. The van der Waals surface area contributed by atoms with E-state index in [1.807, 2.05) is 18.2 Å². The van der Waals surface area contributed by atoms with Crippen LogP contribution in [0.15, 0.2) is 24.3 Å². The van der Waals surface area contributed by atoms with Crippen molar-refractivity contribution in [1.29, 1.82) is 0 Å². The van der Waals surface area contributed by atoms with Gasteiger partial charge in [-0.2, -0.15) is 0 Å². The van der Waals surface area contributed by atoms with Crippen molar-refractivity contribution in [1.82, 2.24) is 0 Å². The van der Waals surface area contributed by atoms with Crippen LogP contribution < -0.4 is 0 Å². The van der Waals surface area contributed by atoms with Gasteiger partial charge in [-0.15, -0.1) is 11.3 Å². The normalized spacial score (nSPS) is 10.6. The van der Waals surface area contributed by atoms with Crippen LogP contribution in [0, 0.1) is 0 Å². The van der Waals surface area contributed by atoms with E-state index in [4.69, 9.17) is 5.11 Å². The van der Waals surface area contributed by atoms with Gasteiger partial charge in [-0.25, -0.2) is 4.79 Å². The molecule has 2 rings (SSSR count). The number of ketones is 1. The molecule has 1 heterocycles. The Kier molecular flexibility index (Phi) is 2.75. The van der Waals surface area contributed by atoms with E-state index in [-0.39, 0.29) is 5.78 Å². The summed E-state index contributed by atoms with van der Waals surface area (Å²) in [4.78, 5) is 22.1. The maximum Gasteiger partial charge on any atom is 0.345 e. The molecule has 0 amide bonds. The molecule has 0 saturated carbocycles. The quantitative estimate of drug-likeness (QED) is 0.888. The predicted molar refractivity (Wildman–Crippen MR) is 63.2 cm³/mol. The molecule has 0 atom stereocenters. The average Bonchev–Trinajstić information content (AvgIpc) is 2.59. The summed E-state index contributed by atoms with van der Waals surface area (Å²) in [7, 11) is 0. The second kappa shape index (κ2) is 4.06. The molecule has 0 unspecified atom stereocenters. The third-order valence-electron chi connectivity index (χ3n) is 2.24. The number of aromatic carboxylic acids is 1. The number of fused-ring (bicyclic) bond motifs is 1. The third-order valence-corrected chi connectivity index (χ3v) is 3.35. The third kappa shape index (κ3) is 2.12. The van der Waals surface area contributed by atoms with Gasteiger partial charge in [0.1, 0.15) is 10.7 Å². The standard InChI is InChI=1S/C12H10O3S/c1-7(13)4-8-2-3-10-9(5-8)6-11(16-10)12(14)15/h2-3,5-6H,4H2,1H3,(H,14,15).